The van der Waals surface area contributed by atoms with Crippen LogP contribution in [0.2, 0.25) is 0 Å². The first kappa shape index (κ1) is 18.4. The second kappa shape index (κ2) is 9.38. The lowest BCUT2D eigenvalue weighted by atomic mass is 9.93. The minimum absolute atomic E-state index is 0.238. The molecule has 2 unspecified atom stereocenters. The summed E-state index contributed by atoms with van der Waals surface area (Å²) in [5.74, 6) is -0.285. The van der Waals surface area contributed by atoms with Gasteiger partial charge in [0.2, 0.25) is 5.91 Å². The van der Waals surface area contributed by atoms with E-state index in [1.165, 1.54) is 12.8 Å². The quantitative estimate of drug-likeness (QED) is 0.605. The number of hydrogen-bond donors (Lipinski definition) is 2. The van der Waals surface area contributed by atoms with Gasteiger partial charge < -0.3 is 20.5 Å². The van der Waals surface area contributed by atoms with Gasteiger partial charge in [0.05, 0.1) is 18.2 Å². The number of amides is 1. The van der Waals surface area contributed by atoms with Gasteiger partial charge in [-0.05, 0) is 59.3 Å². The number of ether oxygens (including phenoxy) is 2. The van der Waals surface area contributed by atoms with Gasteiger partial charge in [-0.25, -0.2) is 0 Å². The number of primary amides is 1. The molecule has 1 aliphatic heterocycles. The van der Waals surface area contributed by atoms with Crippen molar-refractivity contribution in [3.63, 3.8) is 0 Å². The molecule has 2 atom stereocenters. The molecule has 0 saturated carbocycles. The highest BCUT2D eigenvalue weighted by Gasteiger charge is 2.30. The van der Waals surface area contributed by atoms with Crippen LogP contribution in [-0.4, -0.2) is 43.4 Å². The van der Waals surface area contributed by atoms with Crippen LogP contribution in [0.4, 0.5) is 0 Å². The van der Waals surface area contributed by atoms with Gasteiger partial charge in [0.15, 0.2) is 0 Å². The van der Waals surface area contributed by atoms with Crippen LogP contribution in [0.5, 0.6) is 0 Å². The Labute approximate surface area is 128 Å². The van der Waals surface area contributed by atoms with Crippen molar-refractivity contribution in [1.29, 1.82) is 0 Å². The van der Waals surface area contributed by atoms with E-state index in [-0.39, 0.29) is 18.1 Å². The number of unbranched alkanes of at least 4 members (excludes halogenated alkanes) is 1. The van der Waals surface area contributed by atoms with Crippen LogP contribution < -0.4 is 11.1 Å². The predicted molar refractivity (Wildman–Crippen MR) is 84.1 cm³/mol. The Balaban J connectivity index is 2.12. The first-order chi connectivity index (χ1) is 9.94. The summed E-state index contributed by atoms with van der Waals surface area (Å²) < 4.78 is 11.3. The van der Waals surface area contributed by atoms with E-state index < -0.39 is 5.54 Å². The molecule has 124 valence electrons. The molecule has 3 N–H and O–H groups in total. The van der Waals surface area contributed by atoms with Gasteiger partial charge in [0.25, 0.3) is 0 Å². The standard InChI is InChI=1S/C16H32N2O3/c1-13(2)18-16(3,15(17)19)9-5-7-10-20-12-14-8-4-6-11-21-14/h13-14,18H,4-12H2,1-3H3,(H2,17,19). The van der Waals surface area contributed by atoms with E-state index in [4.69, 9.17) is 15.2 Å². The van der Waals surface area contributed by atoms with E-state index in [2.05, 4.69) is 5.32 Å². The van der Waals surface area contributed by atoms with E-state index in [1.807, 2.05) is 20.8 Å². The van der Waals surface area contributed by atoms with Crippen LogP contribution in [0.15, 0.2) is 0 Å². The highest BCUT2D eigenvalue weighted by Crippen LogP contribution is 2.16. The SMILES string of the molecule is CC(C)NC(C)(CCCCOCC1CCCCO1)C(N)=O. The van der Waals surface area contributed by atoms with Crippen molar-refractivity contribution in [2.24, 2.45) is 5.73 Å². The van der Waals surface area contributed by atoms with E-state index >= 15 is 0 Å². The fraction of sp³-hybridized carbons (Fsp3) is 0.938. The molecule has 0 aromatic heterocycles. The largest absolute Gasteiger partial charge is 0.379 e. The molecule has 0 aromatic carbocycles. The topological polar surface area (TPSA) is 73.6 Å². The maximum Gasteiger partial charge on any atom is 0.237 e. The Kier molecular flexibility index (Phi) is 8.22. The molecule has 5 heteroatoms. The van der Waals surface area contributed by atoms with Gasteiger partial charge >= 0.3 is 0 Å². The third-order valence-corrected chi connectivity index (χ3v) is 3.94. The molecule has 1 amide bonds. The highest BCUT2D eigenvalue weighted by molar-refractivity contribution is 5.84. The molecule has 0 aliphatic carbocycles. The molecule has 1 saturated heterocycles. The second-order valence-corrected chi connectivity index (χ2v) is 6.52. The Morgan fingerprint density at radius 3 is 2.76 bits per heavy atom. The fourth-order valence-corrected chi connectivity index (χ4v) is 2.74. The number of carbonyl (C=O) groups excluding carboxylic acids is 1. The minimum Gasteiger partial charge on any atom is -0.379 e. The van der Waals surface area contributed by atoms with Gasteiger partial charge in [-0.3, -0.25) is 4.79 Å². The lowest BCUT2D eigenvalue weighted by molar-refractivity contribution is -0.124. The molecular formula is C16H32N2O3. The van der Waals surface area contributed by atoms with E-state index in [0.717, 1.165) is 38.9 Å². The van der Waals surface area contributed by atoms with Crippen LogP contribution in [0.25, 0.3) is 0 Å². The smallest absolute Gasteiger partial charge is 0.237 e. The summed E-state index contributed by atoms with van der Waals surface area (Å²) in [6.45, 7) is 8.20. The zero-order valence-corrected chi connectivity index (χ0v) is 13.8. The molecule has 1 heterocycles. The molecular weight excluding hydrogens is 268 g/mol. The maximum absolute atomic E-state index is 11.6. The van der Waals surface area contributed by atoms with Gasteiger partial charge in [-0.2, -0.15) is 0 Å². The average Bonchev–Trinajstić information content (AvgIpc) is 2.43. The maximum atomic E-state index is 11.6. The summed E-state index contributed by atoms with van der Waals surface area (Å²) in [4.78, 5) is 11.6. The van der Waals surface area contributed by atoms with Crippen LogP contribution >= 0.6 is 0 Å². The predicted octanol–water partition coefficient (Wildman–Crippen LogP) is 1.98. The van der Waals surface area contributed by atoms with Gasteiger partial charge in [0, 0.05) is 19.3 Å². The molecule has 21 heavy (non-hydrogen) atoms. The molecule has 1 fully saturated rings. The first-order valence-corrected chi connectivity index (χ1v) is 8.21. The number of carbonyl (C=O) groups is 1. The van der Waals surface area contributed by atoms with Crippen molar-refractivity contribution < 1.29 is 14.3 Å². The lowest BCUT2D eigenvalue weighted by Crippen LogP contribution is -2.55. The number of hydrogen-bond acceptors (Lipinski definition) is 4. The molecule has 0 radical (unpaired) electrons. The first-order valence-electron chi connectivity index (χ1n) is 8.21. The number of nitrogens with two attached hydrogens (primary N) is 1. The monoisotopic (exact) mass is 300 g/mol. The summed E-state index contributed by atoms with van der Waals surface area (Å²) in [5.41, 5.74) is 4.88. The lowest BCUT2D eigenvalue weighted by Gasteiger charge is -2.30. The van der Waals surface area contributed by atoms with Crippen LogP contribution in [0, 0.1) is 0 Å². The van der Waals surface area contributed by atoms with Gasteiger partial charge in [-0.15, -0.1) is 0 Å². The zero-order valence-electron chi connectivity index (χ0n) is 13.8. The van der Waals surface area contributed by atoms with Crippen molar-refractivity contribution in [3.8, 4) is 0 Å². The molecule has 0 spiro atoms. The third kappa shape index (κ3) is 7.25. The summed E-state index contributed by atoms with van der Waals surface area (Å²) in [6, 6.07) is 0.238. The Bertz CT molecular complexity index is 304. The van der Waals surface area contributed by atoms with Crippen LogP contribution in [0.1, 0.15) is 59.3 Å². The molecule has 0 bridgehead atoms. The molecule has 0 aromatic rings. The van der Waals surface area contributed by atoms with Gasteiger partial charge in [0.1, 0.15) is 0 Å². The Morgan fingerprint density at radius 2 is 2.19 bits per heavy atom. The Hall–Kier alpha value is -0.650. The third-order valence-electron chi connectivity index (χ3n) is 3.94. The second-order valence-electron chi connectivity index (χ2n) is 6.52. The number of nitrogens with one attached hydrogen (secondary N) is 1. The Morgan fingerprint density at radius 1 is 1.43 bits per heavy atom. The van der Waals surface area contributed by atoms with E-state index in [0.29, 0.717) is 6.61 Å². The van der Waals surface area contributed by atoms with Crippen molar-refractivity contribution in [2.45, 2.75) is 77.0 Å². The molecule has 1 aliphatic rings. The average molecular weight is 300 g/mol. The summed E-state index contributed by atoms with van der Waals surface area (Å²) in [7, 11) is 0. The van der Waals surface area contributed by atoms with Crippen LogP contribution in [-0.2, 0) is 14.3 Å². The van der Waals surface area contributed by atoms with E-state index in [1.54, 1.807) is 0 Å². The van der Waals surface area contributed by atoms with Crippen molar-refractivity contribution in [2.75, 3.05) is 19.8 Å². The van der Waals surface area contributed by atoms with Crippen molar-refractivity contribution in [3.05, 3.63) is 0 Å². The highest BCUT2D eigenvalue weighted by atomic mass is 16.5. The summed E-state index contributed by atoms with van der Waals surface area (Å²) in [6.07, 6.45) is 6.40. The molecule has 5 nitrogen and oxygen atoms in total. The van der Waals surface area contributed by atoms with Crippen molar-refractivity contribution in [1.82, 2.24) is 5.32 Å². The summed E-state index contributed by atoms with van der Waals surface area (Å²) >= 11 is 0. The minimum atomic E-state index is -0.624. The fourth-order valence-electron chi connectivity index (χ4n) is 2.74. The summed E-state index contributed by atoms with van der Waals surface area (Å²) in [5, 5.41) is 3.26. The zero-order chi connectivity index (χ0) is 15.7. The molecule has 1 rings (SSSR count). The normalized spacial score (nSPS) is 22.2. The van der Waals surface area contributed by atoms with Crippen LogP contribution in [0.3, 0.4) is 0 Å². The van der Waals surface area contributed by atoms with Crippen molar-refractivity contribution >= 4 is 5.91 Å². The number of rotatable bonds is 10. The van der Waals surface area contributed by atoms with Gasteiger partial charge in [-0.1, -0.05) is 0 Å². The van der Waals surface area contributed by atoms with E-state index in [9.17, 15) is 4.79 Å².